The Hall–Kier alpha value is -2.25. The maximum Gasteiger partial charge on any atom is 0.159 e. The Kier molecular flexibility index (Phi) is 4.50. The normalized spacial score (nSPS) is 17.8. The van der Waals surface area contributed by atoms with Gasteiger partial charge in [0.1, 0.15) is 11.9 Å². The van der Waals surface area contributed by atoms with Gasteiger partial charge < -0.3 is 9.67 Å². The van der Waals surface area contributed by atoms with Crippen molar-refractivity contribution in [1.29, 1.82) is 0 Å². The standard InChI is InChI=1S/C19H26N6O/c1-13-10-14(2)25-18(22-13)16(11-21-25)12-24-7-4-15(5-8-24)17(26)19-20-6-9-23(19)3/h6,9-11,15,17,26H,4-5,7-8,12H2,1-3H3. The summed E-state index contributed by atoms with van der Waals surface area (Å²) in [4.78, 5) is 11.4. The van der Waals surface area contributed by atoms with Crippen molar-refractivity contribution in [3.05, 3.63) is 47.4 Å². The smallest absolute Gasteiger partial charge is 0.159 e. The average molecular weight is 354 g/mol. The molecule has 4 rings (SSSR count). The van der Waals surface area contributed by atoms with Crippen LogP contribution in [0.15, 0.2) is 24.7 Å². The SMILES string of the molecule is Cc1cc(C)n2ncc(CN3CCC(C(O)c4nccn4C)CC3)c2n1. The molecule has 7 heteroatoms. The first kappa shape index (κ1) is 17.2. The number of aromatic nitrogens is 5. The summed E-state index contributed by atoms with van der Waals surface area (Å²) in [7, 11) is 1.93. The molecule has 1 saturated heterocycles. The molecule has 0 spiro atoms. The van der Waals surface area contributed by atoms with Gasteiger partial charge in [0, 0.05) is 42.9 Å². The molecule has 26 heavy (non-hydrogen) atoms. The number of hydrogen-bond acceptors (Lipinski definition) is 5. The van der Waals surface area contributed by atoms with E-state index in [-0.39, 0.29) is 5.92 Å². The molecule has 1 unspecified atom stereocenters. The number of rotatable bonds is 4. The fourth-order valence-corrected chi connectivity index (χ4v) is 3.97. The molecule has 1 atom stereocenters. The highest BCUT2D eigenvalue weighted by Crippen LogP contribution is 2.30. The monoisotopic (exact) mass is 354 g/mol. The maximum absolute atomic E-state index is 10.6. The van der Waals surface area contributed by atoms with Gasteiger partial charge in [0.2, 0.25) is 0 Å². The molecular weight excluding hydrogens is 328 g/mol. The Morgan fingerprint density at radius 2 is 2.04 bits per heavy atom. The van der Waals surface area contributed by atoms with E-state index in [1.165, 1.54) is 5.56 Å². The molecule has 4 heterocycles. The predicted molar refractivity (Wildman–Crippen MR) is 98.6 cm³/mol. The second-order valence-corrected chi connectivity index (χ2v) is 7.40. The Morgan fingerprint density at radius 1 is 1.27 bits per heavy atom. The average Bonchev–Trinajstić information content (AvgIpc) is 3.22. The van der Waals surface area contributed by atoms with Crippen LogP contribution in [0.3, 0.4) is 0 Å². The van der Waals surface area contributed by atoms with E-state index in [1.807, 2.05) is 41.5 Å². The fourth-order valence-electron chi connectivity index (χ4n) is 3.97. The molecular formula is C19H26N6O. The van der Waals surface area contributed by atoms with E-state index < -0.39 is 6.10 Å². The van der Waals surface area contributed by atoms with E-state index in [9.17, 15) is 5.11 Å². The number of likely N-dealkylation sites (tertiary alicyclic amines) is 1. The van der Waals surface area contributed by atoms with Crippen molar-refractivity contribution in [2.45, 2.75) is 39.3 Å². The van der Waals surface area contributed by atoms with Gasteiger partial charge in [0.25, 0.3) is 0 Å². The topological polar surface area (TPSA) is 71.5 Å². The highest BCUT2D eigenvalue weighted by molar-refractivity contribution is 5.47. The van der Waals surface area contributed by atoms with Gasteiger partial charge in [-0.15, -0.1) is 0 Å². The van der Waals surface area contributed by atoms with Crippen LogP contribution in [0.4, 0.5) is 0 Å². The molecule has 1 aliphatic heterocycles. The molecule has 1 fully saturated rings. The van der Waals surface area contributed by atoms with Crippen LogP contribution >= 0.6 is 0 Å². The lowest BCUT2D eigenvalue weighted by molar-refractivity contribution is 0.0493. The quantitative estimate of drug-likeness (QED) is 0.776. The van der Waals surface area contributed by atoms with Gasteiger partial charge in [-0.1, -0.05) is 0 Å². The van der Waals surface area contributed by atoms with E-state index in [0.717, 1.165) is 55.3 Å². The van der Waals surface area contributed by atoms with Crippen LogP contribution in [-0.4, -0.2) is 47.2 Å². The number of fused-ring (bicyclic) bond motifs is 1. The summed E-state index contributed by atoms with van der Waals surface area (Å²) in [5, 5.41) is 15.1. The molecule has 3 aromatic rings. The number of aliphatic hydroxyl groups excluding tert-OH is 1. The van der Waals surface area contributed by atoms with E-state index in [0.29, 0.717) is 0 Å². The first-order chi connectivity index (χ1) is 12.5. The maximum atomic E-state index is 10.6. The van der Waals surface area contributed by atoms with Crippen molar-refractivity contribution < 1.29 is 5.11 Å². The lowest BCUT2D eigenvalue weighted by Gasteiger charge is -2.33. The number of nitrogens with zero attached hydrogens (tertiary/aromatic N) is 6. The molecule has 0 amide bonds. The zero-order chi connectivity index (χ0) is 18.3. The first-order valence-corrected chi connectivity index (χ1v) is 9.21. The van der Waals surface area contributed by atoms with Gasteiger partial charge in [-0.05, 0) is 51.8 Å². The predicted octanol–water partition coefficient (Wildman–Crippen LogP) is 2.03. The molecule has 0 radical (unpaired) electrons. The van der Waals surface area contributed by atoms with Crippen LogP contribution in [0.1, 0.15) is 41.7 Å². The molecule has 1 aliphatic rings. The second kappa shape index (κ2) is 6.81. The summed E-state index contributed by atoms with van der Waals surface area (Å²) in [6.07, 6.45) is 7.02. The zero-order valence-corrected chi connectivity index (χ0v) is 15.6. The molecule has 7 nitrogen and oxygen atoms in total. The lowest BCUT2D eigenvalue weighted by Crippen LogP contribution is -2.35. The second-order valence-electron chi connectivity index (χ2n) is 7.40. The number of hydrogen-bond donors (Lipinski definition) is 1. The van der Waals surface area contributed by atoms with Crippen LogP contribution in [0.2, 0.25) is 0 Å². The molecule has 0 bridgehead atoms. The third-order valence-corrected chi connectivity index (χ3v) is 5.45. The van der Waals surface area contributed by atoms with Gasteiger partial charge in [-0.2, -0.15) is 5.10 Å². The van der Waals surface area contributed by atoms with E-state index in [4.69, 9.17) is 0 Å². The van der Waals surface area contributed by atoms with Crippen molar-refractivity contribution in [2.24, 2.45) is 13.0 Å². The Labute approximate surface area is 153 Å². The highest BCUT2D eigenvalue weighted by Gasteiger charge is 2.28. The lowest BCUT2D eigenvalue weighted by atomic mass is 9.90. The Morgan fingerprint density at radius 3 is 2.73 bits per heavy atom. The van der Waals surface area contributed by atoms with Crippen LogP contribution in [0, 0.1) is 19.8 Å². The highest BCUT2D eigenvalue weighted by atomic mass is 16.3. The van der Waals surface area contributed by atoms with Crippen LogP contribution < -0.4 is 0 Å². The molecule has 0 saturated carbocycles. The number of aryl methyl sites for hydroxylation is 3. The van der Waals surface area contributed by atoms with Gasteiger partial charge >= 0.3 is 0 Å². The zero-order valence-electron chi connectivity index (χ0n) is 15.6. The van der Waals surface area contributed by atoms with Crippen molar-refractivity contribution in [3.8, 4) is 0 Å². The van der Waals surface area contributed by atoms with E-state index >= 15 is 0 Å². The van der Waals surface area contributed by atoms with Crippen molar-refractivity contribution in [3.63, 3.8) is 0 Å². The minimum atomic E-state index is -0.485. The van der Waals surface area contributed by atoms with Crippen LogP contribution in [-0.2, 0) is 13.6 Å². The summed E-state index contributed by atoms with van der Waals surface area (Å²) in [5.41, 5.74) is 4.25. The van der Waals surface area contributed by atoms with Crippen LogP contribution in [0.5, 0.6) is 0 Å². The van der Waals surface area contributed by atoms with Gasteiger partial charge in [0.15, 0.2) is 5.65 Å². The first-order valence-electron chi connectivity index (χ1n) is 9.21. The molecule has 138 valence electrons. The van der Waals surface area contributed by atoms with Crippen LogP contribution in [0.25, 0.3) is 5.65 Å². The Bertz CT molecular complexity index is 906. The largest absolute Gasteiger partial charge is 0.385 e. The van der Waals surface area contributed by atoms with Crippen molar-refractivity contribution >= 4 is 5.65 Å². The van der Waals surface area contributed by atoms with Crippen molar-refractivity contribution in [2.75, 3.05) is 13.1 Å². The van der Waals surface area contributed by atoms with E-state index in [2.05, 4.69) is 26.9 Å². The number of piperidine rings is 1. The molecule has 1 N–H and O–H groups in total. The van der Waals surface area contributed by atoms with Gasteiger partial charge in [-0.3, -0.25) is 4.90 Å². The fraction of sp³-hybridized carbons (Fsp3) is 0.526. The van der Waals surface area contributed by atoms with Crippen molar-refractivity contribution in [1.82, 2.24) is 29.0 Å². The molecule has 0 aromatic carbocycles. The summed E-state index contributed by atoms with van der Waals surface area (Å²) in [6, 6.07) is 2.05. The van der Waals surface area contributed by atoms with Gasteiger partial charge in [0.05, 0.1) is 6.20 Å². The number of imidazole rings is 1. The minimum Gasteiger partial charge on any atom is -0.385 e. The summed E-state index contributed by atoms with van der Waals surface area (Å²) >= 11 is 0. The summed E-state index contributed by atoms with van der Waals surface area (Å²) in [6.45, 7) is 6.87. The summed E-state index contributed by atoms with van der Waals surface area (Å²) < 4.78 is 3.83. The third-order valence-electron chi connectivity index (χ3n) is 5.45. The van der Waals surface area contributed by atoms with Gasteiger partial charge in [-0.25, -0.2) is 14.5 Å². The third kappa shape index (κ3) is 3.12. The summed E-state index contributed by atoms with van der Waals surface area (Å²) in [5.74, 6) is 1.03. The minimum absolute atomic E-state index is 0.263. The van der Waals surface area contributed by atoms with E-state index in [1.54, 1.807) is 6.20 Å². The Balaban J connectivity index is 1.42. The number of aliphatic hydroxyl groups is 1. The molecule has 0 aliphatic carbocycles. The molecule has 3 aromatic heterocycles.